The molecular formula is C19H27N5O3. The van der Waals surface area contributed by atoms with Gasteiger partial charge in [-0.25, -0.2) is 4.99 Å². The number of carbonyl (C=O) groups excluding carboxylic acids is 2. The van der Waals surface area contributed by atoms with Crippen molar-refractivity contribution in [3.8, 4) is 5.75 Å². The molecule has 1 fully saturated rings. The smallest absolute Gasteiger partial charge is 0.254 e. The molecule has 0 aliphatic carbocycles. The van der Waals surface area contributed by atoms with Gasteiger partial charge in [-0.1, -0.05) is 6.07 Å². The number of phenols is 1. The van der Waals surface area contributed by atoms with Crippen molar-refractivity contribution >= 4 is 23.3 Å². The number of hydrogen-bond acceptors (Lipinski definition) is 5. The molecule has 1 saturated heterocycles. The summed E-state index contributed by atoms with van der Waals surface area (Å²) in [6, 6.07) is 3.28. The van der Waals surface area contributed by atoms with E-state index < -0.39 is 5.91 Å². The minimum absolute atomic E-state index is 0.00146. The highest BCUT2D eigenvalue weighted by Crippen LogP contribution is 2.31. The number of nitrogens with zero attached hydrogens (tertiary/aromatic N) is 2. The van der Waals surface area contributed by atoms with E-state index in [0.717, 1.165) is 5.56 Å². The first kappa shape index (κ1) is 20.3. The third-order valence-corrected chi connectivity index (χ3v) is 5.01. The molecule has 8 nitrogen and oxygen atoms in total. The van der Waals surface area contributed by atoms with E-state index in [4.69, 9.17) is 17.2 Å². The first-order valence-corrected chi connectivity index (χ1v) is 8.82. The highest BCUT2D eigenvalue weighted by molar-refractivity contribution is 6.20. The molecule has 1 aliphatic rings. The summed E-state index contributed by atoms with van der Waals surface area (Å²) in [7, 11) is 0. The quantitative estimate of drug-likeness (QED) is 0.352. The van der Waals surface area contributed by atoms with Crippen LogP contribution in [0.25, 0.3) is 0 Å². The molecule has 7 N–H and O–H groups in total. The number of benzene rings is 1. The minimum atomic E-state index is -0.752. The van der Waals surface area contributed by atoms with Gasteiger partial charge >= 0.3 is 0 Å². The minimum Gasteiger partial charge on any atom is -0.508 e. The van der Waals surface area contributed by atoms with E-state index in [0.29, 0.717) is 42.9 Å². The summed E-state index contributed by atoms with van der Waals surface area (Å²) in [4.78, 5) is 29.6. The second-order valence-electron chi connectivity index (χ2n) is 6.85. The third-order valence-electron chi connectivity index (χ3n) is 5.01. The molecule has 0 bridgehead atoms. The predicted octanol–water partition coefficient (Wildman–Crippen LogP) is 0.954. The molecule has 27 heavy (non-hydrogen) atoms. The molecule has 0 unspecified atom stereocenters. The number of likely N-dealkylation sites (tertiary alicyclic amines) is 1. The Morgan fingerprint density at radius 1 is 1.15 bits per heavy atom. The van der Waals surface area contributed by atoms with Gasteiger partial charge in [-0.15, -0.1) is 0 Å². The molecule has 1 aromatic carbocycles. The van der Waals surface area contributed by atoms with Crippen LogP contribution in [0, 0.1) is 19.8 Å². The van der Waals surface area contributed by atoms with Crippen molar-refractivity contribution in [1.82, 2.24) is 4.90 Å². The monoisotopic (exact) mass is 373 g/mol. The zero-order valence-electron chi connectivity index (χ0n) is 16.0. The van der Waals surface area contributed by atoms with Crippen LogP contribution in [0.5, 0.6) is 5.75 Å². The van der Waals surface area contributed by atoms with E-state index in [-0.39, 0.29) is 29.0 Å². The fourth-order valence-electron chi connectivity index (χ4n) is 3.30. The lowest BCUT2D eigenvalue weighted by Crippen LogP contribution is -2.40. The van der Waals surface area contributed by atoms with Crippen LogP contribution >= 0.6 is 0 Å². The van der Waals surface area contributed by atoms with Crippen LogP contribution in [-0.4, -0.2) is 40.7 Å². The van der Waals surface area contributed by atoms with E-state index in [1.54, 1.807) is 24.0 Å². The molecule has 0 saturated carbocycles. The van der Waals surface area contributed by atoms with E-state index in [1.165, 1.54) is 6.92 Å². The number of piperidine rings is 1. The number of aromatic hydroxyl groups is 1. The van der Waals surface area contributed by atoms with Crippen molar-refractivity contribution in [3.63, 3.8) is 0 Å². The lowest BCUT2D eigenvalue weighted by atomic mass is 9.90. The van der Waals surface area contributed by atoms with Gasteiger partial charge < -0.3 is 27.2 Å². The summed E-state index contributed by atoms with van der Waals surface area (Å²) in [5.41, 5.74) is 20.0. The molecule has 0 spiro atoms. The number of amides is 2. The fraction of sp³-hybridized carbons (Fsp3) is 0.421. The van der Waals surface area contributed by atoms with Crippen molar-refractivity contribution in [1.29, 1.82) is 0 Å². The summed E-state index contributed by atoms with van der Waals surface area (Å²) in [5.74, 6) is -0.837. The molecule has 1 aliphatic heterocycles. The highest BCUT2D eigenvalue weighted by atomic mass is 16.3. The molecular weight excluding hydrogens is 346 g/mol. The van der Waals surface area contributed by atoms with Gasteiger partial charge in [0, 0.05) is 37.2 Å². The number of aliphatic imine (C=N–C) groups is 1. The molecule has 2 amide bonds. The third kappa shape index (κ3) is 4.39. The Labute approximate surface area is 158 Å². The fourth-order valence-corrected chi connectivity index (χ4v) is 3.30. The standard InChI is InChI=1S/C19H27N5O3/c1-10-4-5-14(26)11(2)17(10)23-18(21)15(19(22)27)16(20)13-6-8-24(9-7-13)12(3)25/h4-5,13,26H,6-9,20H2,1-3H3,(H2,21,23)(H2,22,27)/b16-15+. The first-order chi connectivity index (χ1) is 12.6. The number of primary amides is 1. The zero-order valence-corrected chi connectivity index (χ0v) is 16.0. The summed E-state index contributed by atoms with van der Waals surface area (Å²) >= 11 is 0. The summed E-state index contributed by atoms with van der Waals surface area (Å²) in [5, 5.41) is 9.90. The first-order valence-electron chi connectivity index (χ1n) is 8.82. The topological polar surface area (TPSA) is 148 Å². The number of aryl methyl sites for hydroxylation is 1. The SMILES string of the molecule is CC(=O)N1CCC(/C(N)=C(\C(N)=O)C(N)=Nc2c(C)ccc(O)c2C)CC1. The Kier molecular flexibility index (Phi) is 6.09. The van der Waals surface area contributed by atoms with Crippen molar-refractivity contribution in [2.75, 3.05) is 13.1 Å². The van der Waals surface area contributed by atoms with Gasteiger partial charge in [-0.05, 0) is 38.3 Å². The number of rotatable bonds is 4. The average molecular weight is 373 g/mol. The summed E-state index contributed by atoms with van der Waals surface area (Å²) < 4.78 is 0. The maximum absolute atomic E-state index is 12.0. The van der Waals surface area contributed by atoms with E-state index in [9.17, 15) is 14.7 Å². The summed E-state index contributed by atoms with van der Waals surface area (Å²) in [6.45, 7) is 6.19. The predicted molar refractivity (Wildman–Crippen MR) is 104 cm³/mol. The Morgan fingerprint density at radius 2 is 1.74 bits per heavy atom. The van der Waals surface area contributed by atoms with Crippen LogP contribution in [0.2, 0.25) is 0 Å². The molecule has 0 aromatic heterocycles. The van der Waals surface area contributed by atoms with Crippen molar-refractivity contribution in [3.05, 3.63) is 34.5 Å². The molecule has 2 rings (SSSR count). The van der Waals surface area contributed by atoms with Gasteiger partial charge in [-0.3, -0.25) is 9.59 Å². The van der Waals surface area contributed by atoms with E-state index >= 15 is 0 Å². The molecule has 8 heteroatoms. The van der Waals surface area contributed by atoms with Gasteiger partial charge in [0.25, 0.3) is 5.91 Å². The van der Waals surface area contributed by atoms with Crippen molar-refractivity contribution < 1.29 is 14.7 Å². The maximum atomic E-state index is 12.0. The van der Waals surface area contributed by atoms with Crippen LogP contribution in [0.1, 0.15) is 30.9 Å². The molecule has 1 heterocycles. The van der Waals surface area contributed by atoms with Crippen LogP contribution in [0.15, 0.2) is 28.4 Å². The lowest BCUT2D eigenvalue weighted by Gasteiger charge is -2.32. The number of hydrogen-bond donors (Lipinski definition) is 4. The molecule has 0 radical (unpaired) electrons. The maximum Gasteiger partial charge on any atom is 0.254 e. The van der Waals surface area contributed by atoms with Gasteiger partial charge in [0.2, 0.25) is 5.91 Å². The van der Waals surface area contributed by atoms with Crippen molar-refractivity contribution in [2.45, 2.75) is 33.6 Å². The molecule has 146 valence electrons. The molecule has 0 atom stereocenters. The van der Waals surface area contributed by atoms with Crippen LogP contribution in [-0.2, 0) is 9.59 Å². The van der Waals surface area contributed by atoms with Gasteiger partial charge in [0.05, 0.1) is 5.69 Å². The Bertz CT molecular complexity index is 821. The van der Waals surface area contributed by atoms with Gasteiger partial charge in [0.1, 0.15) is 17.2 Å². The molecule has 1 aromatic rings. The highest BCUT2D eigenvalue weighted by Gasteiger charge is 2.27. The number of phenolic OH excluding ortho intramolecular Hbond substituents is 1. The number of amidine groups is 1. The average Bonchev–Trinajstić information content (AvgIpc) is 2.61. The Hall–Kier alpha value is -3.03. The van der Waals surface area contributed by atoms with Crippen LogP contribution in [0.3, 0.4) is 0 Å². The second kappa shape index (κ2) is 8.11. The van der Waals surface area contributed by atoms with Crippen LogP contribution < -0.4 is 17.2 Å². The number of carbonyl (C=O) groups is 2. The largest absolute Gasteiger partial charge is 0.508 e. The van der Waals surface area contributed by atoms with Gasteiger partial charge in [-0.2, -0.15) is 0 Å². The Morgan fingerprint density at radius 3 is 2.26 bits per heavy atom. The van der Waals surface area contributed by atoms with Gasteiger partial charge in [0.15, 0.2) is 0 Å². The number of nitrogens with two attached hydrogens (primary N) is 3. The normalized spacial score (nSPS) is 16.9. The second-order valence-corrected chi connectivity index (χ2v) is 6.85. The Balaban J connectivity index is 2.39. The van der Waals surface area contributed by atoms with E-state index in [1.807, 2.05) is 6.92 Å². The summed E-state index contributed by atoms with van der Waals surface area (Å²) in [6.07, 6.45) is 1.25. The van der Waals surface area contributed by atoms with Crippen molar-refractivity contribution in [2.24, 2.45) is 28.1 Å². The van der Waals surface area contributed by atoms with E-state index in [2.05, 4.69) is 4.99 Å². The number of allylic oxidation sites excluding steroid dienone is 1. The van der Waals surface area contributed by atoms with Crippen LogP contribution in [0.4, 0.5) is 5.69 Å². The zero-order chi connectivity index (χ0) is 20.3. The lowest BCUT2D eigenvalue weighted by molar-refractivity contribution is -0.130.